The van der Waals surface area contributed by atoms with Crippen molar-refractivity contribution in [3.8, 4) is 0 Å². The number of carbonyl (C=O) groups is 1. The minimum absolute atomic E-state index is 0.0305. The molecular weight excluding hydrogens is 302 g/mol. The van der Waals surface area contributed by atoms with Crippen LogP contribution in [0.25, 0.3) is 0 Å². The van der Waals surface area contributed by atoms with Crippen LogP contribution in [0.5, 0.6) is 0 Å². The van der Waals surface area contributed by atoms with Gasteiger partial charge in [0.15, 0.2) is 0 Å². The monoisotopic (exact) mass is 329 g/mol. The van der Waals surface area contributed by atoms with Crippen molar-refractivity contribution in [2.24, 2.45) is 5.92 Å². The predicted octanol–water partition coefficient (Wildman–Crippen LogP) is 3.04. The summed E-state index contributed by atoms with van der Waals surface area (Å²) in [4.78, 5) is 14.6. The fraction of sp³-hybridized carbons (Fsp3) is 0.474. The Hall–Kier alpha value is -2.14. The zero-order chi connectivity index (χ0) is 17.7. The molecule has 0 spiro atoms. The normalized spacial score (nSPS) is 12.4. The quantitative estimate of drug-likeness (QED) is 0.849. The van der Waals surface area contributed by atoms with Crippen molar-refractivity contribution < 1.29 is 9.90 Å². The number of rotatable bonds is 7. The fourth-order valence-electron chi connectivity index (χ4n) is 2.90. The summed E-state index contributed by atoms with van der Waals surface area (Å²) < 4.78 is 1.88. The molecule has 5 heteroatoms. The van der Waals surface area contributed by atoms with E-state index < -0.39 is 0 Å². The summed E-state index contributed by atoms with van der Waals surface area (Å²) in [7, 11) is 1.79. The molecule has 1 N–H and O–H groups in total. The van der Waals surface area contributed by atoms with Crippen LogP contribution in [0.2, 0.25) is 0 Å². The number of hydrogen-bond acceptors (Lipinski definition) is 3. The highest BCUT2D eigenvalue weighted by Crippen LogP contribution is 2.25. The predicted molar refractivity (Wildman–Crippen MR) is 94.8 cm³/mol. The molecule has 1 heterocycles. The summed E-state index contributed by atoms with van der Waals surface area (Å²) in [5.41, 5.74) is 2.53. The molecule has 0 aliphatic carbocycles. The third-order valence-corrected chi connectivity index (χ3v) is 4.25. The lowest BCUT2D eigenvalue weighted by atomic mass is 10.0. The number of hydrogen-bond donors (Lipinski definition) is 1. The summed E-state index contributed by atoms with van der Waals surface area (Å²) in [6, 6.07) is 9.66. The zero-order valence-electron chi connectivity index (χ0n) is 14.9. The van der Waals surface area contributed by atoms with Crippen molar-refractivity contribution >= 4 is 5.91 Å². The maximum atomic E-state index is 12.9. The Kier molecular flexibility index (Phi) is 6.15. The number of nitrogens with zero attached hydrogens (tertiary/aromatic N) is 3. The first-order chi connectivity index (χ1) is 11.5. The molecule has 0 fully saturated rings. The molecular formula is C19H27N3O2. The second kappa shape index (κ2) is 8.11. The summed E-state index contributed by atoms with van der Waals surface area (Å²) in [5.74, 6) is 0.403. The summed E-state index contributed by atoms with van der Waals surface area (Å²) >= 11 is 0. The molecule has 2 aromatic rings. The van der Waals surface area contributed by atoms with Gasteiger partial charge in [0.05, 0.1) is 17.8 Å². The van der Waals surface area contributed by atoms with E-state index in [9.17, 15) is 9.90 Å². The molecule has 2 rings (SSSR count). The van der Waals surface area contributed by atoms with Gasteiger partial charge in [-0.1, -0.05) is 44.2 Å². The molecule has 0 aliphatic rings. The highest BCUT2D eigenvalue weighted by Gasteiger charge is 2.25. The largest absolute Gasteiger partial charge is 0.396 e. The number of carbonyl (C=O) groups excluding carboxylic acids is 1. The van der Waals surface area contributed by atoms with Crippen LogP contribution < -0.4 is 0 Å². The number of benzene rings is 1. The second-order valence-corrected chi connectivity index (χ2v) is 6.57. The van der Waals surface area contributed by atoms with Crippen LogP contribution in [0.4, 0.5) is 0 Å². The van der Waals surface area contributed by atoms with Gasteiger partial charge in [0.25, 0.3) is 5.91 Å². The van der Waals surface area contributed by atoms with Gasteiger partial charge in [-0.05, 0) is 24.8 Å². The Bertz CT molecular complexity index is 665. The van der Waals surface area contributed by atoms with Crippen molar-refractivity contribution in [1.29, 1.82) is 0 Å². The standard InChI is InChI=1S/C19H27N3O2/c1-14(2)13-22-15(3)17(12-20-22)19(24)21(4)18(10-11-23)16-8-6-5-7-9-16/h5-9,12,14,18,23H,10-11,13H2,1-4H3. The highest BCUT2D eigenvalue weighted by atomic mass is 16.3. The van der Waals surface area contributed by atoms with Gasteiger partial charge in [-0.25, -0.2) is 0 Å². The van der Waals surface area contributed by atoms with Crippen molar-refractivity contribution in [2.75, 3.05) is 13.7 Å². The van der Waals surface area contributed by atoms with E-state index in [4.69, 9.17) is 0 Å². The van der Waals surface area contributed by atoms with Gasteiger partial charge in [-0.15, -0.1) is 0 Å². The number of aliphatic hydroxyl groups is 1. The molecule has 1 unspecified atom stereocenters. The van der Waals surface area contributed by atoms with Gasteiger partial charge >= 0.3 is 0 Å². The Morgan fingerprint density at radius 1 is 1.29 bits per heavy atom. The van der Waals surface area contributed by atoms with Crippen molar-refractivity contribution in [1.82, 2.24) is 14.7 Å². The molecule has 5 nitrogen and oxygen atoms in total. The Balaban J connectivity index is 2.25. The Morgan fingerprint density at radius 3 is 2.54 bits per heavy atom. The van der Waals surface area contributed by atoms with E-state index in [1.807, 2.05) is 41.9 Å². The molecule has 0 bridgehead atoms. The van der Waals surface area contributed by atoms with Crippen LogP contribution >= 0.6 is 0 Å². The average molecular weight is 329 g/mol. The summed E-state index contributed by atoms with van der Waals surface area (Å²) in [6.45, 7) is 7.01. The van der Waals surface area contributed by atoms with Crippen LogP contribution in [0, 0.1) is 12.8 Å². The van der Waals surface area contributed by atoms with Gasteiger partial charge < -0.3 is 10.0 Å². The molecule has 130 valence electrons. The fourth-order valence-corrected chi connectivity index (χ4v) is 2.90. The molecule has 1 amide bonds. The highest BCUT2D eigenvalue weighted by molar-refractivity contribution is 5.95. The Labute approximate surface area is 143 Å². The third kappa shape index (κ3) is 4.03. The lowest BCUT2D eigenvalue weighted by Crippen LogP contribution is -2.32. The first-order valence-electron chi connectivity index (χ1n) is 8.41. The van der Waals surface area contributed by atoms with E-state index in [0.717, 1.165) is 17.8 Å². The van der Waals surface area contributed by atoms with Gasteiger partial charge in [-0.3, -0.25) is 9.48 Å². The molecule has 1 aromatic heterocycles. The van der Waals surface area contributed by atoms with E-state index >= 15 is 0 Å². The SMILES string of the molecule is Cc1c(C(=O)N(C)C(CCO)c2ccccc2)cnn1CC(C)C. The topological polar surface area (TPSA) is 58.4 Å². The smallest absolute Gasteiger partial charge is 0.257 e. The zero-order valence-corrected chi connectivity index (χ0v) is 14.9. The minimum Gasteiger partial charge on any atom is -0.396 e. The molecule has 0 saturated carbocycles. The molecule has 1 aromatic carbocycles. The van der Waals surface area contributed by atoms with E-state index in [1.165, 1.54) is 0 Å². The first kappa shape index (κ1) is 18.2. The van der Waals surface area contributed by atoms with Crippen molar-refractivity contribution in [2.45, 2.75) is 39.8 Å². The van der Waals surface area contributed by atoms with Gasteiger partial charge in [-0.2, -0.15) is 5.10 Å². The van der Waals surface area contributed by atoms with Crippen LogP contribution in [0.3, 0.4) is 0 Å². The van der Waals surface area contributed by atoms with Gasteiger partial charge in [0.1, 0.15) is 0 Å². The Morgan fingerprint density at radius 2 is 1.96 bits per heavy atom. The van der Waals surface area contributed by atoms with Gasteiger partial charge in [0.2, 0.25) is 0 Å². The van der Waals surface area contributed by atoms with Crippen molar-refractivity contribution in [3.05, 3.63) is 53.3 Å². The maximum absolute atomic E-state index is 12.9. The number of amides is 1. The van der Waals surface area contributed by atoms with E-state index in [1.54, 1.807) is 18.1 Å². The van der Waals surface area contributed by atoms with Gasteiger partial charge in [0, 0.05) is 25.9 Å². The van der Waals surface area contributed by atoms with E-state index in [0.29, 0.717) is 17.9 Å². The molecule has 0 radical (unpaired) electrons. The van der Waals surface area contributed by atoms with Crippen LogP contribution in [-0.4, -0.2) is 39.3 Å². The maximum Gasteiger partial charge on any atom is 0.257 e. The second-order valence-electron chi connectivity index (χ2n) is 6.57. The minimum atomic E-state index is -0.156. The van der Waals surface area contributed by atoms with E-state index in [-0.39, 0.29) is 18.6 Å². The lowest BCUT2D eigenvalue weighted by Gasteiger charge is -2.28. The number of aliphatic hydroxyl groups excluding tert-OH is 1. The number of aromatic nitrogens is 2. The van der Waals surface area contributed by atoms with E-state index in [2.05, 4.69) is 18.9 Å². The first-order valence-corrected chi connectivity index (χ1v) is 8.41. The van der Waals surface area contributed by atoms with Crippen LogP contribution in [0.1, 0.15) is 47.9 Å². The van der Waals surface area contributed by atoms with Crippen molar-refractivity contribution in [3.63, 3.8) is 0 Å². The lowest BCUT2D eigenvalue weighted by molar-refractivity contribution is 0.0704. The third-order valence-electron chi connectivity index (χ3n) is 4.25. The molecule has 0 aliphatic heterocycles. The molecule has 0 saturated heterocycles. The molecule has 24 heavy (non-hydrogen) atoms. The van der Waals surface area contributed by atoms with Crippen LogP contribution in [-0.2, 0) is 6.54 Å². The summed E-state index contributed by atoms with van der Waals surface area (Å²) in [6.07, 6.45) is 2.16. The summed E-state index contributed by atoms with van der Waals surface area (Å²) in [5, 5.41) is 13.8. The molecule has 1 atom stereocenters. The van der Waals surface area contributed by atoms with Crippen LogP contribution in [0.15, 0.2) is 36.5 Å². The average Bonchev–Trinajstić information content (AvgIpc) is 2.92.